The van der Waals surface area contributed by atoms with Crippen molar-refractivity contribution in [2.45, 2.75) is 18.2 Å². The third kappa shape index (κ3) is 4.34. The molecule has 0 atom stereocenters. The predicted octanol–water partition coefficient (Wildman–Crippen LogP) is 0.0733. The Hall–Kier alpha value is -1.60. The molecule has 100 valence electrons. The van der Waals surface area contributed by atoms with Crippen molar-refractivity contribution in [1.29, 1.82) is 0 Å². The molecule has 7 heteroatoms. The highest BCUT2D eigenvalue weighted by Gasteiger charge is 2.13. The topological polar surface area (TPSA) is 101 Å². The lowest BCUT2D eigenvalue weighted by molar-refractivity contribution is -0.120. The second-order valence-corrected chi connectivity index (χ2v) is 5.44. The number of nitrogens with one attached hydrogen (secondary N) is 2. The van der Waals surface area contributed by atoms with Gasteiger partial charge in [-0.25, -0.2) is 13.1 Å². The normalized spacial score (nSPS) is 11.2. The first-order valence-corrected chi connectivity index (χ1v) is 7.06. The zero-order chi connectivity index (χ0) is 13.6. The van der Waals surface area contributed by atoms with Crippen LogP contribution in [0.4, 0.5) is 5.69 Å². The summed E-state index contributed by atoms with van der Waals surface area (Å²) in [4.78, 5) is 11.2. The van der Waals surface area contributed by atoms with Gasteiger partial charge in [0.15, 0.2) is 0 Å². The molecule has 0 saturated heterocycles. The SMILES string of the molecule is CCNC(=O)CCNS(=O)(=O)c1cccc(N)c1. The molecule has 1 amide bonds. The first-order valence-electron chi connectivity index (χ1n) is 5.57. The Bertz CT molecular complexity index is 514. The molecular formula is C11H17N3O3S. The molecule has 0 aliphatic heterocycles. The zero-order valence-electron chi connectivity index (χ0n) is 10.1. The molecule has 0 bridgehead atoms. The van der Waals surface area contributed by atoms with Gasteiger partial charge in [0.1, 0.15) is 0 Å². The Morgan fingerprint density at radius 1 is 1.39 bits per heavy atom. The van der Waals surface area contributed by atoms with Crippen LogP contribution in [0.3, 0.4) is 0 Å². The smallest absolute Gasteiger partial charge is 0.240 e. The molecule has 0 aliphatic rings. The minimum absolute atomic E-state index is 0.0585. The quantitative estimate of drug-likeness (QED) is 0.637. The van der Waals surface area contributed by atoms with Gasteiger partial charge in [-0.05, 0) is 25.1 Å². The summed E-state index contributed by atoms with van der Waals surface area (Å²) >= 11 is 0. The molecule has 0 saturated carbocycles. The summed E-state index contributed by atoms with van der Waals surface area (Å²) in [5, 5.41) is 2.59. The van der Waals surface area contributed by atoms with Gasteiger partial charge in [0.05, 0.1) is 4.90 Å². The number of amides is 1. The summed E-state index contributed by atoms with van der Waals surface area (Å²) in [6.45, 7) is 2.39. The van der Waals surface area contributed by atoms with Crippen molar-refractivity contribution in [2.24, 2.45) is 0 Å². The number of hydrogen-bond acceptors (Lipinski definition) is 4. The molecule has 0 radical (unpaired) electrons. The molecule has 1 aromatic carbocycles. The van der Waals surface area contributed by atoms with Crippen molar-refractivity contribution in [3.63, 3.8) is 0 Å². The minimum atomic E-state index is -3.60. The Morgan fingerprint density at radius 3 is 2.72 bits per heavy atom. The van der Waals surface area contributed by atoms with Crippen LogP contribution in [0.1, 0.15) is 13.3 Å². The van der Waals surface area contributed by atoms with E-state index in [-0.39, 0.29) is 23.8 Å². The van der Waals surface area contributed by atoms with E-state index in [4.69, 9.17) is 5.73 Å². The zero-order valence-corrected chi connectivity index (χ0v) is 11.0. The van der Waals surface area contributed by atoms with Crippen molar-refractivity contribution in [1.82, 2.24) is 10.0 Å². The summed E-state index contributed by atoms with van der Waals surface area (Å²) in [5.74, 6) is -0.187. The van der Waals surface area contributed by atoms with Gasteiger partial charge < -0.3 is 11.1 Å². The maximum absolute atomic E-state index is 11.8. The van der Waals surface area contributed by atoms with E-state index < -0.39 is 10.0 Å². The van der Waals surface area contributed by atoms with E-state index in [0.29, 0.717) is 12.2 Å². The first-order chi connectivity index (χ1) is 8.45. The van der Waals surface area contributed by atoms with Gasteiger partial charge >= 0.3 is 0 Å². The molecule has 4 N–H and O–H groups in total. The van der Waals surface area contributed by atoms with Crippen molar-refractivity contribution < 1.29 is 13.2 Å². The van der Waals surface area contributed by atoms with Gasteiger partial charge in [-0.15, -0.1) is 0 Å². The largest absolute Gasteiger partial charge is 0.399 e. The average molecular weight is 271 g/mol. The fourth-order valence-electron chi connectivity index (χ4n) is 1.35. The highest BCUT2D eigenvalue weighted by Crippen LogP contribution is 2.12. The average Bonchev–Trinajstić information content (AvgIpc) is 2.29. The number of carbonyl (C=O) groups excluding carboxylic acids is 1. The Balaban J connectivity index is 2.58. The molecule has 18 heavy (non-hydrogen) atoms. The lowest BCUT2D eigenvalue weighted by Crippen LogP contribution is -2.30. The van der Waals surface area contributed by atoms with Crippen molar-refractivity contribution in [2.75, 3.05) is 18.8 Å². The van der Waals surface area contributed by atoms with Crippen LogP contribution >= 0.6 is 0 Å². The molecule has 1 aromatic rings. The fraction of sp³-hybridized carbons (Fsp3) is 0.364. The Labute approximate surface area is 107 Å². The van der Waals surface area contributed by atoms with Crippen LogP contribution in [0.5, 0.6) is 0 Å². The first kappa shape index (κ1) is 14.5. The standard InChI is InChI=1S/C11H17N3O3S/c1-2-13-11(15)6-7-14-18(16,17)10-5-3-4-9(12)8-10/h3-5,8,14H,2,6-7,12H2,1H3,(H,13,15). The van der Waals surface area contributed by atoms with Gasteiger partial charge in [-0.3, -0.25) is 4.79 Å². The number of carbonyl (C=O) groups is 1. The number of nitrogens with two attached hydrogens (primary N) is 1. The van der Waals surface area contributed by atoms with Gasteiger partial charge in [0, 0.05) is 25.2 Å². The number of rotatable bonds is 6. The molecule has 0 aliphatic carbocycles. The third-order valence-corrected chi connectivity index (χ3v) is 3.65. The van der Waals surface area contributed by atoms with Crippen molar-refractivity contribution in [3.8, 4) is 0 Å². The predicted molar refractivity (Wildman–Crippen MR) is 69.3 cm³/mol. The van der Waals surface area contributed by atoms with Crippen LogP contribution in [0.15, 0.2) is 29.2 Å². The van der Waals surface area contributed by atoms with Crippen LogP contribution in [-0.2, 0) is 14.8 Å². The summed E-state index contributed by atoms with van der Waals surface area (Å²) in [7, 11) is -3.60. The lowest BCUT2D eigenvalue weighted by Gasteiger charge is -2.07. The maximum Gasteiger partial charge on any atom is 0.240 e. The Morgan fingerprint density at radius 2 is 2.11 bits per heavy atom. The molecule has 6 nitrogen and oxygen atoms in total. The molecule has 0 aromatic heterocycles. The van der Waals surface area contributed by atoms with E-state index in [0.717, 1.165) is 0 Å². The number of sulfonamides is 1. The third-order valence-electron chi connectivity index (χ3n) is 2.19. The van der Waals surface area contributed by atoms with E-state index in [1.165, 1.54) is 12.1 Å². The monoisotopic (exact) mass is 271 g/mol. The van der Waals surface area contributed by atoms with E-state index in [1.54, 1.807) is 19.1 Å². The molecule has 0 unspecified atom stereocenters. The number of benzene rings is 1. The van der Waals surface area contributed by atoms with Crippen molar-refractivity contribution >= 4 is 21.6 Å². The van der Waals surface area contributed by atoms with Gasteiger partial charge in [0.25, 0.3) is 0 Å². The van der Waals surface area contributed by atoms with E-state index >= 15 is 0 Å². The van der Waals surface area contributed by atoms with Crippen LogP contribution in [0, 0.1) is 0 Å². The molecular weight excluding hydrogens is 254 g/mol. The summed E-state index contributed by atoms with van der Waals surface area (Å²) < 4.78 is 26.0. The molecule has 0 heterocycles. The molecule has 0 spiro atoms. The highest BCUT2D eigenvalue weighted by molar-refractivity contribution is 7.89. The number of nitrogen functional groups attached to an aromatic ring is 1. The Kier molecular flexibility index (Phi) is 5.11. The molecule has 1 rings (SSSR count). The van der Waals surface area contributed by atoms with E-state index in [1.807, 2.05) is 0 Å². The van der Waals surface area contributed by atoms with Crippen LogP contribution in [-0.4, -0.2) is 27.4 Å². The maximum atomic E-state index is 11.8. The second-order valence-electron chi connectivity index (χ2n) is 3.67. The highest BCUT2D eigenvalue weighted by atomic mass is 32.2. The van der Waals surface area contributed by atoms with E-state index in [9.17, 15) is 13.2 Å². The van der Waals surface area contributed by atoms with Crippen LogP contribution in [0.25, 0.3) is 0 Å². The summed E-state index contributed by atoms with van der Waals surface area (Å²) in [5.41, 5.74) is 5.89. The van der Waals surface area contributed by atoms with Crippen molar-refractivity contribution in [3.05, 3.63) is 24.3 Å². The van der Waals surface area contributed by atoms with Gasteiger partial charge in [0.2, 0.25) is 15.9 Å². The minimum Gasteiger partial charge on any atom is -0.399 e. The summed E-state index contributed by atoms with van der Waals surface area (Å²) in [6.07, 6.45) is 0.107. The number of anilines is 1. The lowest BCUT2D eigenvalue weighted by atomic mass is 10.3. The van der Waals surface area contributed by atoms with Crippen LogP contribution in [0.2, 0.25) is 0 Å². The van der Waals surface area contributed by atoms with Crippen LogP contribution < -0.4 is 15.8 Å². The van der Waals surface area contributed by atoms with E-state index in [2.05, 4.69) is 10.0 Å². The number of hydrogen-bond donors (Lipinski definition) is 3. The van der Waals surface area contributed by atoms with Gasteiger partial charge in [-0.2, -0.15) is 0 Å². The summed E-state index contributed by atoms with van der Waals surface area (Å²) in [6, 6.07) is 5.99. The molecule has 0 fully saturated rings. The fourth-order valence-corrected chi connectivity index (χ4v) is 2.44. The second kappa shape index (κ2) is 6.36. The van der Waals surface area contributed by atoms with Gasteiger partial charge in [-0.1, -0.05) is 6.07 Å².